The number of nitrogens with zero attached hydrogens (tertiary/aromatic N) is 4. The summed E-state index contributed by atoms with van der Waals surface area (Å²) in [7, 11) is 0. The molecule has 2 aromatic heterocycles. The Kier molecular flexibility index (Phi) is 7.29. The Morgan fingerprint density at radius 1 is 1.19 bits per heavy atom. The van der Waals surface area contributed by atoms with Crippen molar-refractivity contribution in [3.05, 3.63) is 76.6 Å². The van der Waals surface area contributed by atoms with Gasteiger partial charge in [-0.2, -0.15) is 0 Å². The zero-order valence-corrected chi connectivity index (χ0v) is 20.4. The minimum Gasteiger partial charge on any atom is -0.269 e. The number of carbonyl (C=O) groups is 1. The van der Waals surface area contributed by atoms with Crippen molar-refractivity contribution >= 4 is 28.7 Å². The molecule has 0 amide bonds. The van der Waals surface area contributed by atoms with Crippen molar-refractivity contribution < 1.29 is 4.79 Å². The van der Waals surface area contributed by atoms with E-state index in [1.807, 2.05) is 25.2 Å². The van der Waals surface area contributed by atoms with E-state index in [0.29, 0.717) is 17.1 Å². The van der Waals surface area contributed by atoms with Gasteiger partial charge in [0.15, 0.2) is 10.8 Å². The highest BCUT2D eigenvalue weighted by Gasteiger charge is 2.29. The predicted molar refractivity (Wildman–Crippen MR) is 132 cm³/mol. The minimum atomic E-state index is -0.235. The van der Waals surface area contributed by atoms with Gasteiger partial charge < -0.3 is 0 Å². The van der Waals surface area contributed by atoms with Crippen LogP contribution in [-0.4, -0.2) is 25.4 Å². The number of allylic oxidation sites excluding steroid dienone is 10. The van der Waals surface area contributed by atoms with Crippen molar-refractivity contribution in [3.63, 3.8) is 0 Å². The second kappa shape index (κ2) is 9.78. The standard InChI is InChI=1S/C26H31ClN4O/c1-17(10-11-21-20(4)19(3)12-13-26(21,5)6)8-7-9-18(2)14-22(32)31-16-30-23-24(27)28-15-29-25(23)31/h7-11,14-16,19H,12-13H2,1-6H3/b9-7+,11-10+,17-8+,18-14+. The van der Waals surface area contributed by atoms with E-state index >= 15 is 0 Å². The van der Waals surface area contributed by atoms with E-state index in [4.69, 9.17) is 11.6 Å². The van der Waals surface area contributed by atoms with E-state index in [1.165, 1.54) is 41.2 Å². The third kappa shape index (κ3) is 5.33. The van der Waals surface area contributed by atoms with Gasteiger partial charge in [-0.15, -0.1) is 0 Å². The number of fused-ring (bicyclic) bond motifs is 1. The molecule has 0 spiro atoms. The van der Waals surface area contributed by atoms with Crippen LogP contribution in [0.4, 0.5) is 0 Å². The lowest BCUT2D eigenvalue weighted by Crippen LogP contribution is -2.23. The van der Waals surface area contributed by atoms with Gasteiger partial charge in [-0.05, 0) is 56.1 Å². The lowest BCUT2D eigenvalue weighted by molar-refractivity contribution is 0.0972. The number of hydrogen-bond donors (Lipinski definition) is 0. The van der Waals surface area contributed by atoms with Crippen molar-refractivity contribution in [2.45, 2.75) is 54.4 Å². The maximum absolute atomic E-state index is 12.6. The van der Waals surface area contributed by atoms with Gasteiger partial charge in [0.1, 0.15) is 18.2 Å². The molecular weight excluding hydrogens is 420 g/mol. The number of carbonyl (C=O) groups excluding carboxylic acids is 1. The topological polar surface area (TPSA) is 60.7 Å². The van der Waals surface area contributed by atoms with Gasteiger partial charge in [-0.1, -0.05) is 73.9 Å². The van der Waals surface area contributed by atoms with Crippen molar-refractivity contribution in [1.82, 2.24) is 19.5 Å². The average Bonchev–Trinajstić information content (AvgIpc) is 3.16. The summed E-state index contributed by atoms with van der Waals surface area (Å²) in [6, 6.07) is 0. The van der Waals surface area contributed by atoms with Gasteiger partial charge in [0, 0.05) is 6.08 Å². The molecule has 2 heterocycles. The summed E-state index contributed by atoms with van der Waals surface area (Å²) in [6.45, 7) is 13.2. The molecule has 1 aliphatic carbocycles. The maximum Gasteiger partial charge on any atom is 0.257 e. The Balaban J connectivity index is 1.70. The molecule has 5 nitrogen and oxygen atoms in total. The van der Waals surface area contributed by atoms with Crippen molar-refractivity contribution in [1.29, 1.82) is 0 Å². The molecule has 0 saturated heterocycles. The highest BCUT2D eigenvalue weighted by atomic mass is 35.5. The molecule has 168 valence electrons. The highest BCUT2D eigenvalue weighted by Crippen LogP contribution is 2.43. The molecule has 0 bridgehead atoms. The molecule has 0 saturated carbocycles. The molecule has 2 aromatic rings. The largest absolute Gasteiger partial charge is 0.269 e. The molecule has 0 N–H and O–H groups in total. The second-order valence-corrected chi connectivity index (χ2v) is 9.56. The molecule has 0 fully saturated rings. The summed E-state index contributed by atoms with van der Waals surface area (Å²) >= 11 is 6.01. The molecule has 3 rings (SSSR count). The Bertz CT molecular complexity index is 1180. The van der Waals surface area contributed by atoms with E-state index in [-0.39, 0.29) is 16.5 Å². The Morgan fingerprint density at radius 3 is 2.69 bits per heavy atom. The first-order valence-corrected chi connectivity index (χ1v) is 11.3. The van der Waals surface area contributed by atoms with Crippen LogP contribution in [0.25, 0.3) is 11.2 Å². The monoisotopic (exact) mass is 450 g/mol. The number of aromatic nitrogens is 4. The van der Waals surface area contributed by atoms with Gasteiger partial charge in [0.05, 0.1) is 0 Å². The van der Waals surface area contributed by atoms with Crippen LogP contribution in [0, 0.1) is 11.3 Å². The van der Waals surface area contributed by atoms with Gasteiger partial charge in [0.2, 0.25) is 0 Å². The molecule has 0 radical (unpaired) electrons. The van der Waals surface area contributed by atoms with Crippen molar-refractivity contribution in [3.8, 4) is 0 Å². The number of hydrogen-bond acceptors (Lipinski definition) is 4. The summed E-state index contributed by atoms with van der Waals surface area (Å²) in [6.07, 6.45) is 17.1. The Hall–Kier alpha value is -2.79. The fourth-order valence-electron chi connectivity index (χ4n) is 3.99. The zero-order valence-electron chi connectivity index (χ0n) is 19.7. The molecule has 0 aromatic carbocycles. The third-order valence-corrected chi connectivity index (χ3v) is 6.48. The minimum absolute atomic E-state index is 0.218. The van der Waals surface area contributed by atoms with Gasteiger partial charge in [-0.3, -0.25) is 4.79 Å². The Labute approximate surface area is 195 Å². The first-order valence-electron chi connectivity index (χ1n) is 10.9. The van der Waals surface area contributed by atoms with Crippen molar-refractivity contribution in [2.75, 3.05) is 0 Å². The number of rotatable bonds is 5. The smallest absolute Gasteiger partial charge is 0.257 e. The molecule has 6 heteroatoms. The first kappa shape index (κ1) is 23.9. The quantitative estimate of drug-likeness (QED) is 0.282. The van der Waals surface area contributed by atoms with Crippen LogP contribution in [0.1, 0.15) is 59.2 Å². The highest BCUT2D eigenvalue weighted by molar-refractivity contribution is 6.33. The molecule has 1 atom stereocenters. The number of imidazole rings is 1. The van der Waals surface area contributed by atoms with E-state index in [9.17, 15) is 4.79 Å². The molecule has 1 aliphatic rings. The fourth-order valence-corrected chi connectivity index (χ4v) is 4.16. The van der Waals surface area contributed by atoms with Crippen LogP contribution >= 0.6 is 11.6 Å². The second-order valence-electron chi connectivity index (χ2n) is 9.20. The molecule has 0 aliphatic heterocycles. The fraction of sp³-hybridized carbons (Fsp3) is 0.385. The van der Waals surface area contributed by atoms with E-state index < -0.39 is 0 Å². The van der Waals surface area contributed by atoms with Gasteiger partial charge in [-0.25, -0.2) is 19.5 Å². The maximum atomic E-state index is 12.6. The van der Waals surface area contributed by atoms with Crippen molar-refractivity contribution in [2.24, 2.45) is 11.3 Å². The Morgan fingerprint density at radius 2 is 1.94 bits per heavy atom. The molecular formula is C26H31ClN4O. The van der Waals surface area contributed by atoms with Crippen LogP contribution in [0.2, 0.25) is 5.15 Å². The first-order chi connectivity index (χ1) is 15.1. The van der Waals surface area contributed by atoms with Crippen LogP contribution in [-0.2, 0) is 0 Å². The SMILES string of the molecule is CC1=C(/C=C/C(C)=C/C=C/C(C)=C/C(=O)n2cnc3c(Cl)ncnc32)C(C)(C)CCC1C. The van der Waals surface area contributed by atoms with Gasteiger partial charge >= 0.3 is 0 Å². The zero-order chi connectivity index (χ0) is 23.5. The average molecular weight is 451 g/mol. The third-order valence-electron chi connectivity index (χ3n) is 6.20. The van der Waals surface area contributed by atoms with E-state index in [1.54, 1.807) is 6.08 Å². The summed E-state index contributed by atoms with van der Waals surface area (Å²) in [5.41, 5.74) is 5.95. The summed E-state index contributed by atoms with van der Waals surface area (Å²) < 4.78 is 1.37. The molecule has 1 unspecified atom stereocenters. The van der Waals surface area contributed by atoms with E-state index in [2.05, 4.69) is 61.7 Å². The van der Waals surface area contributed by atoms with E-state index in [0.717, 1.165) is 11.1 Å². The van der Waals surface area contributed by atoms with Crippen LogP contribution in [0.15, 0.2) is 71.4 Å². The van der Waals surface area contributed by atoms with Crippen LogP contribution in [0.3, 0.4) is 0 Å². The lowest BCUT2D eigenvalue weighted by Gasteiger charge is -2.36. The predicted octanol–water partition coefficient (Wildman–Crippen LogP) is 6.90. The van der Waals surface area contributed by atoms with Gasteiger partial charge in [0.25, 0.3) is 5.91 Å². The summed E-state index contributed by atoms with van der Waals surface area (Å²) in [4.78, 5) is 24.7. The van der Waals surface area contributed by atoms with Crippen LogP contribution < -0.4 is 0 Å². The normalized spacial score (nSPS) is 20.2. The summed E-state index contributed by atoms with van der Waals surface area (Å²) in [5, 5.41) is 0.229. The summed E-state index contributed by atoms with van der Waals surface area (Å²) in [5.74, 6) is 0.411. The number of halogens is 1. The lowest BCUT2D eigenvalue weighted by atomic mass is 9.69. The molecule has 32 heavy (non-hydrogen) atoms. The van der Waals surface area contributed by atoms with Crippen LogP contribution in [0.5, 0.6) is 0 Å².